The number of hydrogen-bond acceptors (Lipinski definition) is 3. The maximum absolute atomic E-state index is 12.6. The summed E-state index contributed by atoms with van der Waals surface area (Å²) < 4.78 is 4.05. The maximum Gasteiger partial charge on any atom is 0.260 e. The lowest BCUT2D eigenvalue weighted by atomic mass is 10.2. The number of benzene rings is 1. The molecule has 136 valence electrons. The summed E-state index contributed by atoms with van der Waals surface area (Å²) in [7, 11) is 1.81. The number of hydrogen-bond donors (Lipinski definition) is 1. The van der Waals surface area contributed by atoms with Crippen LogP contribution in [0.5, 0.6) is 0 Å². The molecule has 0 aliphatic carbocycles. The molecule has 1 amide bonds. The molecule has 0 unspecified atom stereocenters. The molecule has 26 heavy (non-hydrogen) atoms. The van der Waals surface area contributed by atoms with Gasteiger partial charge in [0.2, 0.25) is 0 Å². The lowest BCUT2D eigenvalue weighted by Crippen LogP contribution is -2.15. The molecule has 3 rings (SSSR count). The van der Waals surface area contributed by atoms with E-state index in [-0.39, 0.29) is 5.91 Å². The summed E-state index contributed by atoms with van der Waals surface area (Å²) in [5.41, 5.74) is 2.90. The SMILES string of the molecule is Cc1nn(C)c(C)c1C(=O)Nc1nn(Cc2ccc(Cl)cc2Cl)cc1Br. The van der Waals surface area contributed by atoms with Gasteiger partial charge >= 0.3 is 0 Å². The summed E-state index contributed by atoms with van der Waals surface area (Å²) in [5, 5.41) is 12.7. The Morgan fingerprint density at radius 1 is 1.27 bits per heavy atom. The number of aryl methyl sites for hydroxylation is 2. The smallest absolute Gasteiger partial charge is 0.260 e. The minimum Gasteiger partial charge on any atom is -0.304 e. The number of carbonyl (C=O) groups excluding carboxylic acids is 1. The van der Waals surface area contributed by atoms with Crippen LogP contribution < -0.4 is 5.32 Å². The second-order valence-electron chi connectivity index (χ2n) is 5.88. The number of anilines is 1. The fourth-order valence-corrected chi connectivity index (χ4v) is 3.54. The largest absolute Gasteiger partial charge is 0.304 e. The van der Waals surface area contributed by atoms with Crippen LogP contribution in [0.3, 0.4) is 0 Å². The Morgan fingerprint density at radius 3 is 2.62 bits per heavy atom. The second kappa shape index (κ2) is 7.42. The first-order chi connectivity index (χ1) is 12.3. The van der Waals surface area contributed by atoms with Crippen LogP contribution in [0.4, 0.5) is 5.82 Å². The van der Waals surface area contributed by atoms with Crippen LogP contribution in [0.2, 0.25) is 10.0 Å². The summed E-state index contributed by atoms with van der Waals surface area (Å²) in [6, 6.07) is 5.31. The average Bonchev–Trinajstić information content (AvgIpc) is 3.01. The van der Waals surface area contributed by atoms with E-state index in [0.717, 1.165) is 11.3 Å². The van der Waals surface area contributed by atoms with E-state index in [2.05, 4.69) is 31.4 Å². The van der Waals surface area contributed by atoms with Gasteiger partial charge in [0.15, 0.2) is 5.82 Å². The molecule has 2 heterocycles. The number of nitrogens with zero attached hydrogens (tertiary/aromatic N) is 4. The van der Waals surface area contributed by atoms with E-state index in [1.54, 1.807) is 41.7 Å². The Hall–Kier alpha value is -1.83. The van der Waals surface area contributed by atoms with Crippen molar-refractivity contribution in [3.63, 3.8) is 0 Å². The first-order valence-electron chi connectivity index (χ1n) is 7.74. The van der Waals surface area contributed by atoms with Crippen LogP contribution in [0.25, 0.3) is 0 Å². The molecule has 0 aliphatic rings. The zero-order valence-electron chi connectivity index (χ0n) is 14.3. The van der Waals surface area contributed by atoms with Crippen LogP contribution in [-0.2, 0) is 13.6 Å². The molecule has 0 atom stereocenters. The van der Waals surface area contributed by atoms with Crippen LogP contribution in [0.1, 0.15) is 27.3 Å². The normalized spacial score (nSPS) is 11.0. The third-order valence-corrected chi connectivity index (χ3v) is 5.20. The van der Waals surface area contributed by atoms with Gasteiger partial charge in [-0.05, 0) is 47.5 Å². The molecule has 9 heteroatoms. The summed E-state index contributed by atoms with van der Waals surface area (Å²) in [4.78, 5) is 12.6. The third kappa shape index (κ3) is 3.79. The van der Waals surface area contributed by atoms with Gasteiger partial charge in [0, 0.05) is 29.0 Å². The Kier molecular flexibility index (Phi) is 5.41. The molecule has 6 nitrogen and oxygen atoms in total. The van der Waals surface area contributed by atoms with Gasteiger partial charge in [0.05, 0.1) is 22.3 Å². The minimum atomic E-state index is -0.247. The van der Waals surface area contributed by atoms with Crippen molar-refractivity contribution in [3.8, 4) is 0 Å². The zero-order chi connectivity index (χ0) is 19.0. The number of aromatic nitrogens is 4. The van der Waals surface area contributed by atoms with E-state index in [9.17, 15) is 4.79 Å². The van der Waals surface area contributed by atoms with E-state index in [0.29, 0.717) is 38.1 Å². The van der Waals surface area contributed by atoms with E-state index in [1.165, 1.54) is 0 Å². The standard InChI is InChI=1S/C17H16BrCl2N5O/c1-9-15(10(2)24(3)22-9)17(26)21-16-13(18)8-25(23-16)7-11-4-5-12(19)6-14(11)20/h4-6,8H,7H2,1-3H3,(H,21,23,26). The third-order valence-electron chi connectivity index (χ3n) is 4.03. The first kappa shape index (κ1) is 18.9. The monoisotopic (exact) mass is 455 g/mol. The van der Waals surface area contributed by atoms with Crippen molar-refractivity contribution in [1.82, 2.24) is 19.6 Å². The Balaban J connectivity index is 1.81. The van der Waals surface area contributed by atoms with Crippen molar-refractivity contribution in [2.45, 2.75) is 20.4 Å². The van der Waals surface area contributed by atoms with E-state index < -0.39 is 0 Å². The second-order valence-corrected chi connectivity index (χ2v) is 7.58. The average molecular weight is 457 g/mol. The van der Waals surface area contributed by atoms with Gasteiger partial charge in [-0.3, -0.25) is 14.2 Å². The summed E-state index contributed by atoms with van der Waals surface area (Å²) >= 11 is 15.6. The molecule has 0 aliphatic heterocycles. The predicted molar refractivity (Wildman–Crippen MR) is 106 cm³/mol. The van der Waals surface area contributed by atoms with E-state index >= 15 is 0 Å². The lowest BCUT2D eigenvalue weighted by Gasteiger charge is -2.05. The summed E-state index contributed by atoms with van der Waals surface area (Å²) in [5.74, 6) is 0.186. The van der Waals surface area contributed by atoms with Gasteiger partial charge in [-0.1, -0.05) is 29.3 Å². The molecule has 0 fully saturated rings. The molecule has 1 N–H and O–H groups in total. The highest BCUT2D eigenvalue weighted by molar-refractivity contribution is 9.10. The Labute approximate surface area is 169 Å². The number of rotatable bonds is 4. The minimum absolute atomic E-state index is 0.247. The molecular weight excluding hydrogens is 441 g/mol. The van der Waals surface area contributed by atoms with Crippen LogP contribution in [-0.4, -0.2) is 25.5 Å². The van der Waals surface area contributed by atoms with Crippen molar-refractivity contribution < 1.29 is 4.79 Å². The molecule has 0 saturated heterocycles. The highest BCUT2D eigenvalue weighted by Crippen LogP contribution is 2.25. The highest BCUT2D eigenvalue weighted by atomic mass is 79.9. The molecule has 0 radical (unpaired) electrons. The van der Waals surface area contributed by atoms with Gasteiger partial charge in [-0.25, -0.2) is 0 Å². The number of carbonyl (C=O) groups is 1. The van der Waals surface area contributed by atoms with Gasteiger partial charge < -0.3 is 5.32 Å². The molecule has 3 aromatic rings. The van der Waals surface area contributed by atoms with Crippen LogP contribution >= 0.6 is 39.1 Å². The van der Waals surface area contributed by atoms with Gasteiger partial charge in [0.25, 0.3) is 5.91 Å². The predicted octanol–water partition coefficient (Wildman–Crippen LogP) is 4.60. The zero-order valence-corrected chi connectivity index (χ0v) is 17.4. The van der Waals surface area contributed by atoms with Crippen molar-refractivity contribution >= 4 is 50.9 Å². The fourth-order valence-electron chi connectivity index (χ4n) is 2.66. The molecule has 1 aromatic carbocycles. The topological polar surface area (TPSA) is 64.7 Å². The van der Waals surface area contributed by atoms with Crippen molar-refractivity contribution in [2.75, 3.05) is 5.32 Å². The van der Waals surface area contributed by atoms with Crippen molar-refractivity contribution in [1.29, 1.82) is 0 Å². The summed E-state index contributed by atoms with van der Waals surface area (Å²) in [6.45, 7) is 4.11. The Morgan fingerprint density at radius 2 is 2.00 bits per heavy atom. The molecular formula is C17H16BrCl2N5O. The summed E-state index contributed by atoms with van der Waals surface area (Å²) in [6.07, 6.45) is 1.78. The van der Waals surface area contributed by atoms with Crippen LogP contribution in [0, 0.1) is 13.8 Å². The molecule has 0 bridgehead atoms. The van der Waals surface area contributed by atoms with E-state index in [4.69, 9.17) is 23.2 Å². The van der Waals surface area contributed by atoms with Crippen molar-refractivity contribution in [3.05, 3.63) is 61.4 Å². The van der Waals surface area contributed by atoms with Gasteiger partial charge in [0.1, 0.15) is 0 Å². The molecule has 0 spiro atoms. The first-order valence-corrected chi connectivity index (χ1v) is 9.29. The van der Waals surface area contributed by atoms with Gasteiger partial charge in [-0.2, -0.15) is 10.2 Å². The Bertz CT molecular complexity index is 995. The lowest BCUT2D eigenvalue weighted by molar-refractivity contribution is 0.102. The number of amides is 1. The van der Waals surface area contributed by atoms with Crippen LogP contribution in [0.15, 0.2) is 28.9 Å². The highest BCUT2D eigenvalue weighted by Gasteiger charge is 2.19. The molecule has 0 saturated carbocycles. The van der Waals surface area contributed by atoms with E-state index in [1.807, 2.05) is 13.0 Å². The number of halogens is 3. The fraction of sp³-hybridized carbons (Fsp3) is 0.235. The quantitative estimate of drug-likeness (QED) is 0.623. The van der Waals surface area contributed by atoms with Gasteiger partial charge in [-0.15, -0.1) is 0 Å². The molecule has 2 aromatic heterocycles. The maximum atomic E-state index is 12.6. The van der Waals surface area contributed by atoms with Crippen molar-refractivity contribution in [2.24, 2.45) is 7.05 Å². The number of nitrogens with one attached hydrogen (secondary N) is 1.